The molecule has 0 bridgehead atoms. The lowest BCUT2D eigenvalue weighted by atomic mass is 10.2. The SMILES string of the molecule is O=C(NCCC(=O)N(Cc1ccc(F)cc1)CC1CC1)c1ccco1. The van der Waals surface area contributed by atoms with Crippen LogP contribution in [0.4, 0.5) is 4.39 Å². The number of rotatable bonds is 8. The summed E-state index contributed by atoms with van der Waals surface area (Å²) in [4.78, 5) is 26.1. The van der Waals surface area contributed by atoms with E-state index in [-0.39, 0.29) is 36.4 Å². The van der Waals surface area contributed by atoms with Crippen molar-refractivity contribution in [2.45, 2.75) is 25.8 Å². The van der Waals surface area contributed by atoms with Crippen molar-refractivity contribution in [3.63, 3.8) is 0 Å². The third-order valence-corrected chi connectivity index (χ3v) is 4.18. The molecule has 1 aliphatic rings. The Labute approximate surface area is 145 Å². The number of carbonyl (C=O) groups excluding carboxylic acids is 2. The number of hydrogen-bond acceptors (Lipinski definition) is 3. The average molecular weight is 344 g/mol. The van der Waals surface area contributed by atoms with Crippen molar-refractivity contribution >= 4 is 11.8 Å². The first-order chi connectivity index (χ1) is 12.1. The molecule has 132 valence electrons. The molecule has 1 heterocycles. The fraction of sp³-hybridized carbons (Fsp3) is 0.368. The highest BCUT2D eigenvalue weighted by Crippen LogP contribution is 2.30. The lowest BCUT2D eigenvalue weighted by molar-refractivity contribution is -0.131. The third kappa shape index (κ3) is 5.17. The van der Waals surface area contributed by atoms with Gasteiger partial charge in [-0.05, 0) is 48.6 Å². The maximum atomic E-state index is 13.0. The van der Waals surface area contributed by atoms with Crippen LogP contribution in [0.2, 0.25) is 0 Å². The molecule has 0 atom stereocenters. The molecule has 0 spiro atoms. The number of benzene rings is 1. The second-order valence-corrected chi connectivity index (χ2v) is 6.33. The summed E-state index contributed by atoms with van der Waals surface area (Å²) in [6.45, 7) is 1.42. The van der Waals surface area contributed by atoms with Crippen molar-refractivity contribution in [2.24, 2.45) is 5.92 Å². The van der Waals surface area contributed by atoms with Gasteiger partial charge in [-0.15, -0.1) is 0 Å². The number of nitrogens with zero attached hydrogens (tertiary/aromatic N) is 1. The minimum absolute atomic E-state index is 0.0176. The molecule has 0 unspecified atom stereocenters. The van der Waals surface area contributed by atoms with Crippen molar-refractivity contribution in [2.75, 3.05) is 13.1 Å². The van der Waals surface area contributed by atoms with Crippen LogP contribution < -0.4 is 5.32 Å². The van der Waals surface area contributed by atoms with Gasteiger partial charge in [0.05, 0.1) is 6.26 Å². The molecule has 1 fully saturated rings. The number of amides is 2. The van der Waals surface area contributed by atoms with Crippen LogP contribution in [0, 0.1) is 11.7 Å². The predicted octanol–water partition coefficient (Wildman–Crippen LogP) is 2.98. The highest BCUT2D eigenvalue weighted by atomic mass is 19.1. The fourth-order valence-electron chi connectivity index (χ4n) is 2.61. The van der Waals surface area contributed by atoms with E-state index < -0.39 is 0 Å². The second kappa shape index (κ2) is 7.96. The molecule has 6 heteroatoms. The first-order valence-corrected chi connectivity index (χ1v) is 8.46. The van der Waals surface area contributed by atoms with Gasteiger partial charge >= 0.3 is 0 Å². The lowest BCUT2D eigenvalue weighted by Gasteiger charge is -2.23. The first kappa shape index (κ1) is 17.2. The number of furan rings is 1. The Morgan fingerprint density at radius 2 is 1.96 bits per heavy atom. The quantitative estimate of drug-likeness (QED) is 0.801. The van der Waals surface area contributed by atoms with Crippen molar-refractivity contribution in [3.8, 4) is 0 Å². The van der Waals surface area contributed by atoms with Gasteiger partial charge in [0.25, 0.3) is 5.91 Å². The topological polar surface area (TPSA) is 62.6 Å². The molecule has 2 amide bonds. The predicted molar refractivity (Wildman–Crippen MR) is 90.2 cm³/mol. The van der Waals surface area contributed by atoms with E-state index in [1.165, 1.54) is 18.4 Å². The van der Waals surface area contributed by atoms with E-state index in [9.17, 15) is 14.0 Å². The summed E-state index contributed by atoms with van der Waals surface area (Å²) in [5.74, 6) is 0.154. The molecule has 1 aromatic carbocycles. The minimum atomic E-state index is -0.329. The molecule has 1 aromatic heterocycles. The van der Waals surface area contributed by atoms with Crippen LogP contribution in [-0.4, -0.2) is 29.8 Å². The molecular formula is C19H21FN2O3. The summed E-state index contributed by atoms with van der Waals surface area (Å²) in [5.41, 5.74) is 0.898. The van der Waals surface area contributed by atoms with E-state index in [1.807, 2.05) is 0 Å². The summed E-state index contributed by atoms with van der Waals surface area (Å²) in [5, 5.41) is 2.68. The zero-order valence-electron chi connectivity index (χ0n) is 13.9. The van der Waals surface area contributed by atoms with Gasteiger partial charge < -0.3 is 14.6 Å². The summed E-state index contributed by atoms with van der Waals surface area (Å²) >= 11 is 0. The number of halogens is 1. The van der Waals surface area contributed by atoms with Crippen LogP contribution in [0.5, 0.6) is 0 Å². The fourth-order valence-corrected chi connectivity index (χ4v) is 2.61. The van der Waals surface area contributed by atoms with Gasteiger partial charge in [-0.3, -0.25) is 9.59 Å². The van der Waals surface area contributed by atoms with Crippen LogP contribution in [-0.2, 0) is 11.3 Å². The summed E-state index contributed by atoms with van der Waals surface area (Å²) < 4.78 is 18.0. The lowest BCUT2D eigenvalue weighted by Crippen LogP contribution is -2.35. The van der Waals surface area contributed by atoms with Crippen molar-refractivity contribution < 1.29 is 18.4 Å². The van der Waals surface area contributed by atoms with Gasteiger partial charge in [-0.25, -0.2) is 4.39 Å². The molecule has 1 saturated carbocycles. The van der Waals surface area contributed by atoms with Crippen molar-refractivity contribution in [1.29, 1.82) is 0 Å². The molecule has 0 aliphatic heterocycles. The van der Waals surface area contributed by atoms with Crippen LogP contribution in [0.15, 0.2) is 47.1 Å². The second-order valence-electron chi connectivity index (χ2n) is 6.33. The van der Waals surface area contributed by atoms with E-state index in [0.29, 0.717) is 19.0 Å². The number of carbonyl (C=O) groups is 2. The normalized spacial score (nSPS) is 13.5. The molecular weight excluding hydrogens is 323 g/mol. The zero-order chi connectivity index (χ0) is 17.6. The molecule has 0 saturated heterocycles. The van der Waals surface area contributed by atoms with Crippen molar-refractivity contribution in [3.05, 3.63) is 59.8 Å². The summed E-state index contributed by atoms with van der Waals surface area (Å²) in [7, 11) is 0. The molecule has 25 heavy (non-hydrogen) atoms. The van der Waals surface area contributed by atoms with Gasteiger partial charge in [0.1, 0.15) is 5.82 Å². The Morgan fingerprint density at radius 3 is 2.60 bits per heavy atom. The van der Waals surface area contributed by atoms with Gasteiger partial charge in [0.15, 0.2) is 5.76 Å². The summed E-state index contributed by atoms with van der Waals surface area (Å²) in [6, 6.07) is 9.41. The van der Waals surface area contributed by atoms with E-state index >= 15 is 0 Å². The Balaban J connectivity index is 1.51. The van der Waals surface area contributed by atoms with Crippen LogP contribution in [0.3, 0.4) is 0 Å². The third-order valence-electron chi connectivity index (χ3n) is 4.18. The van der Waals surface area contributed by atoms with E-state index in [2.05, 4.69) is 5.32 Å². The van der Waals surface area contributed by atoms with Gasteiger partial charge in [-0.2, -0.15) is 0 Å². The molecule has 2 aromatic rings. The average Bonchev–Trinajstić information content (AvgIpc) is 3.24. The minimum Gasteiger partial charge on any atom is -0.459 e. The zero-order valence-corrected chi connectivity index (χ0v) is 13.9. The Kier molecular flexibility index (Phi) is 5.48. The maximum Gasteiger partial charge on any atom is 0.286 e. The standard InChI is InChI=1S/C19H21FN2O3/c20-16-7-5-15(6-8-16)13-22(12-14-3-4-14)18(23)9-10-21-19(24)17-2-1-11-25-17/h1-2,5-8,11,14H,3-4,9-10,12-13H2,(H,21,24). The molecule has 1 N–H and O–H groups in total. The first-order valence-electron chi connectivity index (χ1n) is 8.46. The Hall–Kier alpha value is -2.63. The van der Waals surface area contributed by atoms with Gasteiger partial charge in [-0.1, -0.05) is 12.1 Å². The van der Waals surface area contributed by atoms with Gasteiger partial charge in [0.2, 0.25) is 5.91 Å². The molecule has 3 rings (SSSR count). The monoisotopic (exact) mass is 344 g/mol. The Bertz CT molecular complexity index is 709. The van der Waals surface area contributed by atoms with E-state index in [0.717, 1.165) is 18.4 Å². The van der Waals surface area contributed by atoms with Crippen LogP contribution >= 0.6 is 0 Å². The maximum absolute atomic E-state index is 13.0. The molecule has 1 aliphatic carbocycles. The number of hydrogen-bond donors (Lipinski definition) is 1. The molecule has 0 radical (unpaired) electrons. The highest BCUT2D eigenvalue weighted by Gasteiger charge is 2.26. The van der Waals surface area contributed by atoms with E-state index in [1.54, 1.807) is 29.2 Å². The molecule has 5 nitrogen and oxygen atoms in total. The largest absolute Gasteiger partial charge is 0.459 e. The highest BCUT2D eigenvalue weighted by molar-refractivity contribution is 5.91. The van der Waals surface area contributed by atoms with Crippen LogP contribution in [0.25, 0.3) is 0 Å². The van der Waals surface area contributed by atoms with Crippen LogP contribution in [0.1, 0.15) is 35.4 Å². The van der Waals surface area contributed by atoms with E-state index in [4.69, 9.17) is 4.42 Å². The van der Waals surface area contributed by atoms with Crippen molar-refractivity contribution in [1.82, 2.24) is 10.2 Å². The smallest absolute Gasteiger partial charge is 0.286 e. The van der Waals surface area contributed by atoms with Gasteiger partial charge in [0, 0.05) is 26.1 Å². The Morgan fingerprint density at radius 1 is 1.20 bits per heavy atom. The summed E-state index contributed by atoms with van der Waals surface area (Å²) in [6.07, 6.45) is 3.94. The number of nitrogens with one attached hydrogen (secondary N) is 1.